The maximum absolute atomic E-state index is 12.8. The van der Waals surface area contributed by atoms with E-state index in [1.165, 1.54) is 6.07 Å². The molecule has 0 radical (unpaired) electrons. The summed E-state index contributed by atoms with van der Waals surface area (Å²) in [6, 6.07) is 3.98. The Labute approximate surface area is 163 Å². The predicted octanol–water partition coefficient (Wildman–Crippen LogP) is 4.20. The second-order valence-corrected chi connectivity index (χ2v) is 7.76. The van der Waals surface area contributed by atoms with Crippen LogP contribution in [0.5, 0.6) is 0 Å². The molecule has 3 aromatic heterocycles. The van der Waals surface area contributed by atoms with Gasteiger partial charge in [0.25, 0.3) is 0 Å². The van der Waals surface area contributed by atoms with Crippen LogP contribution < -0.4 is 0 Å². The van der Waals surface area contributed by atoms with Crippen LogP contribution >= 0.6 is 11.6 Å². The Morgan fingerprint density at radius 3 is 2.68 bits per heavy atom. The molecule has 3 heterocycles. The molecule has 28 heavy (non-hydrogen) atoms. The molecule has 1 aliphatic rings. The number of hydrogen-bond acceptors (Lipinski definition) is 4. The number of nitrogens with zero attached hydrogens (tertiary/aromatic N) is 4. The van der Waals surface area contributed by atoms with E-state index in [1.807, 2.05) is 0 Å². The van der Waals surface area contributed by atoms with Crippen molar-refractivity contribution in [3.63, 3.8) is 0 Å². The highest BCUT2D eigenvalue weighted by molar-refractivity contribution is 6.29. The van der Waals surface area contributed by atoms with Crippen LogP contribution in [0.25, 0.3) is 5.65 Å². The first-order valence-electron chi connectivity index (χ1n) is 8.73. The van der Waals surface area contributed by atoms with Gasteiger partial charge in [-0.05, 0) is 30.5 Å². The summed E-state index contributed by atoms with van der Waals surface area (Å²) >= 11 is 6.01. The highest BCUT2D eigenvalue weighted by atomic mass is 35.5. The molecule has 146 valence electrons. The van der Waals surface area contributed by atoms with Crippen molar-refractivity contribution >= 4 is 23.0 Å². The van der Waals surface area contributed by atoms with Crippen LogP contribution in [-0.2, 0) is 29.2 Å². The minimum absolute atomic E-state index is 0.0645. The molecule has 9 heteroatoms. The largest absolute Gasteiger partial charge is 0.433 e. The SMILES string of the molecule is CC1(c2c(CC(=O)Cc3ccnc(C(F)(F)F)c3)cnc3cc(Cl)nn23)CC1. The lowest BCUT2D eigenvalue weighted by atomic mass is 9.95. The number of rotatable bonds is 5. The third kappa shape index (κ3) is 3.61. The van der Waals surface area contributed by atoms with Gasteiger partial charge in [0.1, 0.15) is 11.5 Å². The number of carbonyl (C=O) groups is 1. The summed E-state index contributed by atoms with van der Waals surface area (Å²) in [6.45, 7) is 2.09. The monoisotopic (exact) mass is 408 g/mol. The number of aromatic nitrogens is 4. The van der Waals surface area contributed by atoms with E-state index in [0.29, 0.717) is 10.8 Å². The van der Waals surface area contributed by atoms with Crippen molar-refractivity contribution in [2.45, 2.75) is 44.2 Å². The molecule has 1 aliphatic carbocycles. The van der Waals surface area contributed by atoms with Gasteiger partial charge in [0.15, 0.2) is 10.8 Å². The minimum Gasteiger partial charge on any atom is -0.299 e. The summed E-state index contributed by atoms with van der Waals surface area (Å²) in [7, 11) is 0. The molecule has 0 unspecified atom stereocenters. The number of alkyl halides is 3. The molecule has 5 nitrogen and oxygen atoms in total. The van der Waals surface area contributed by atoms with Gasteiger partial charge in [0.05, 0.1) is 5.69 Å². The third-order valence-electron chi connectivity index (χ3n) is 5.00. The molecule has 3 aromatic rings. The fraction of sp³-hybridized carbons (Fsp3) is 0.368. The van der Waals surface area contributed by atoms with E-state index in [9.17, 15) is 18.0 Å². The van der Waals surface area contributed by atoms with Crippen molar-refractivity contribution in [2.75, 3.05) is 0 Å². The van der Waals surface area contributed by atoms with Gasteiger partial charge < -0.3 is 0 Å². The van der Waals surface area contributed by atoms with E-state index >= 15 is 0 Å². The maximum Gasteiger partial charge on any atom is 0.433 e. The molecule has 4 rings (SSSR count). The molecule has 1 fully saturated rings. The molecule has 0 atom stereocenters. The Bertz CT molecular complexity index is 1070. The standard InChI is InChI=1S/C19H16ClF3N4O/c1-18(3-4-18)17-12(10-25-16-9-15(20)26-27(16)17)8-13(28)6-11-2-5-24-14(7-11)19(21,22)23/h2,5,7,9-10H,3-4,6,8H2,1H3. The van der Waals surface area contributed by atoms with Gasteiger partial charge in [-0.25, -0.2) is 9.50 Å². The molecule has 0 saturated heterocycles. The lowest BCUT2D eigenvalue weighted by molar-refractivity contribution is -0.141. The smallest absolute Gasteiger partial charge is 0.299 e. The summed E-state index contributed by atoms with van der Waals surface area (Å²) < 4.78 is 40.1. The quantitative estimate of drug-likeness (QED) is 0.634. The highest BCUT2D eigenvalue weighted by Gasteiger charge is 2.43. The van der Waals surface area contributed by atoms with Crippen LogP contribution in [0, 0.1) is 0 Å². The molecule has 0 N–H and O–H groups in total. The van der Waals surface area contributed by atoms with Gasteiger partial charge in [-0.1, -0.05) is 18.5 Å². The molecule has 0 spiro atoms. The number of halogens is 4. The van der Waals surface area contributed by atoms with Crippen LogP contribution in [0.15, 0.2) is 30.6 Å². The lowest BCUT2D eigenvalue weighted by Gasteiger charge is -2.16. The topological polar surface area (TPSA) is 60.2 Å². The summed E-state index contributed by atoms with van der Waals surface area (Å²) in [4.78, 5) is 20.2. The van der Waals surface area contributed by atoms with Crippen LogP contribution in [0.4, 0.5) is 13.2 Å². The van der Waals surface area contributed by atoms with Crippen LogP contribution in [0.1, 0.15) is 42.3 Å². The number of pyridine rings is 1. The average Bonchev–Trinajstić information content (AvgIpc) is 3.22. The Kier molecular flexibility index (Phi) is 4.41. The summed E-state index contributed by atoms with van der Waals surface area (Å²) in [5.74, 6) is -0.204. The summed E-state index contributed by atoms with van der Waals surface area (Å²) in [5.41, 5.74) is 1.40. The van der Waals surface area contributed by atoms with E-state index in [4.69, 9.17) is 11.6 Å². The number of Topliss-reactive ketones (excluding diaryl/α,β-unsaturated/α-hetero) is 1. The van der Waals surface area contributed by atoms with E-state index in [-0.39, 0.29) is 29.6 Å². The maximum atomic E-state index is 12.8. The second-order valence-electron chi connectivity index (χ2n) is 7.37. The van der Waals surface area contributed by atoms with Crippen LogP contribution in [0.3, 0.4) is 0 Å². The second kappa shape index (κ2) is 6.55. The summed E-state index contributed by atoms with van der Waals surface area (Å²) in [5, 5.41) is 4.60. The molecule has 0 bridgehead atoms. The Morgan fingerprint density at radius 2 is 2.00 bits per heavy atom. The van der Waals surface area contributed by atoms with Crippen molar-refractivity contribution in [1.29, 1.82) is 0 Å². The van der Waals surface area contributed by atoms with Gasteiger partial charge >= 0.3 is 6.18 Å². The number of hydrogen-bond donors (Lipinski definition) is 0. The first-order chi connectivity index (χ1) is 13.2. The fourth-order valence-electron chi connectivity index (χ4n) is 3.38. The van der Waals surface area contributed by atoms with E-state index in [0.717, 1.165) is 36.4 Å². The first kappa shape index (κ1) is 18.9. The molecular weight excluding hydrogens is 393 g/mol. The zero-order chi connectivity index (χ0) is 20.1. The van der Waals surface area contributed by atoms with Gasteiger partial charge in [-0.15, -0.1) is 0 Å². The number of fused-ring (bicyclic) bond motifs is 1. The van der Waals surface area contributed by atoms with E-state index < -0.39 is 11.9 Å². The molecule has 0 aliphatic heterocycles. The van der Waals surface area contributed by atoms with Gasteiger partial charge in [-0.2, -0.15) is 18.3 Å². The zero-order valence-corrected chi connectivity index (χ0v) is 15.7. The lowest BCUT2D eigenvalue weighted by Crippen LogP contribution is -2.17. The highest BCUT2D eigenvalue weighted by Crippen LogP contribution is 2.48. The van der Waals surface area contributed by atoms with Crippen LogP contribution in [-0.4, -0.2) is 25.4 Å². The zero-order valence-electron chi connectivity index (χ0n) is 14.9. The van der Waals surface area contributed by atoms with Gasteiger partial charge in [0, 0.05) is 42.3 Å². The Morgan fingerprint density at radius 1 is 1.25 bits per heavy atom. The molecular formula is C19H16ClF3N4O. The average molecular weight is 409 g/mol. The van der Waals surface area contributed by atoms with Crippen LogP contribution in [0.2, 0.25) is 5.15 Å². The van der Waals surface area contributed by atoms with E-state index in [1.54, 1.807) is 16.8 Å². The number of carbonyl (C=O) groups excluding carboxylic acids is 1. The number of ketones is 1. The predicted molar refractivity (Wildman–Crippen MR) is 96.2 cm³/mol. The van der Waals surface area contributed by atoms with Crippen molar-refractivity contribution in [3.8, 4) is 0 Å². The van der Waals surface area contributed by atoms with E-state index in [2.05, 4.69) is 22.0 Å². The Hall–Kier alpha value is -2.48. The molecule has 1 saturated carbocycles. The molecule has 0 aromatic carbocycles. The van der Waals surface area contributed by atoms with Gasteiger partial charge in [0.2, 0.25) is 0 Å². The third-order valence-corrected chi connectivity index (χ3v) is 5.19. The van der Waals surface area contributed by atoms with Crippen molar-refractivity contribution in [1.82, 2.24) is 19.6 Å². The van der Waals surface area contributed by atoms with Gasteiger partial charge in [-0.3, -0.25) is 9.78 Å². The Balaban J connectivity index is 1.61. The van der Waals surface area contributed by atoms with Crippen molar-refractivity contribution in [3.05, 3.63) is 58.3 Å². The van der Waals surface area contributed by atoms with Crippen molar-refractivity contribution in [2.24, 2.45) is 0 Å². The molecule has 0 amide bonds. The van der Waals surface area contributed by atoms with Crippen molar-refractivity contribution < 1.29 is 18.0 Å². The summed E-state index contributed by atoms with van der Waals surface area (Å²) in [6.07, 6.45) is 0.0449. The first-order valence-corrected chi connectivity index (χ1v) is 9.11. The fourth-order valence-corrected chi connectivity index (χ4v) is 3.55. The normalized spacial score (nSPS) is 15.8. The minimum atomic E-state index is -4.54.